The molecule has 6 heteroatoms. The third-order valence-electron chi connectivity index (χ3n) is 5.92. The molecule has 1 aliphatic rings. The van der Waals surface area contributed by atoms with E-state index >= 15 is 0 Å². The van der Waals surface area contributed by atoms with Crippen molar-refractivity contribution < 1.29 is 14.1 Å². The Labute approximate surface area is 175 Å². The molecule has 0 bridgehead atoms. The molecule has 0 spiro atoms. The van der Waals surface area contributed by atoms with Crippen LogP contribution in [0.1, 0.15) is 35.7 Å². The van der Waals surface area contributed by atoms with Gasteiger partial charge < -0.3 is 4.57 Å². The van der Waals surface area contributed by atoms with Crippen LogP contribution in [0.5, 0.6) is 0 Å². The summed E-state index contributed by atoms with van der Waals surface area (Å²) in [6.45, 7) is 2.34. The molecule has 1 aliphatic heterocycles. The molecule has 3 amide bonds. The summed E-state index contributed by atoms with van der Waals surface area (Å²) >= 11 is 0. The number of rotatable bonds is 3. The van der Waals surface area contributed by atoms with Gasteiger partial charge in [0, 0.05) is 25.2 Å². The lowest BCUT2D eigenvalue weighted by atomic mass is 10.1. The highest BCUT2D eigenvalue weighted by atomic mass is 16.2. The molecular weight excluding hydrogens is 376 g/mol. The molecule has 4 rings (SSSR count). The fourth-order valence-electron chi connectivity index (χ4n) is 4.27. The third kappa shape index (κ3) is 3.19. The highest BCUT2D eigenvalue weighted by molar-refractivity contribution is 6.01. The maximum atomic E-state index is 13.7. The lowest BCUT2D eigenvalue weighted by Crippen LogP contribution is -2.60. The molecule has 1 aromatic heterocycles. The van der Waals surface area contributed by atoms with Gasteiger partial charge in [-0.25, -0.2) is 9.59 Å². The van der Waals surface area contributed by atoms with Crippen molar-refractivity contribution in [3.05, 3.63) is 84.2 Å². The quantitative estimate of drug-likeness (QED) is 0.648. The summed E-state index contributed by atoms with van der Waals surface area (Å²) in [5.74, 6) is -0.326. The number of imide groups is 1. The Hall–Kier alpha value is -3.69. The molecule has 6 nitrogen and oxygen atoms in total. The Balaban J connectivity index is 1.74. The number of carbonyl (C=O) groups is 2. The van der Waals surface area contributed by atoms with Crippen LogP contribution in [-0.2, 0) is 0 Å². The van der Waals surface area contributed by atoms with Gasteiger partial charge in [0.1, 0.15) is 12.1 Å². The fraction of sp³-hybridized carbons (Fsp3) is 0.208. The first-order valence-electron chi connectivity index (χ1n) is 10.0. The van der Waals surface area contributed by atoms with Gasteiger partial charge in [-0.2, -0.15) is 9.74 Å². The zero-order valence-corrected chi connectivity index (χ0v) is 16.8. The number of anilines is 1. The monoisotopic (exact) mass is 399 g/mol. The summed E-state index contributed by atoms with van der Waals surface area (Å²) in [5, 5.41) is 12.5. The van der Waals surface area contributed by atoms with E-state index in [4.69, 9.17) is 0 Å². The second kappa shape index (κ2) is 7.97. The number of nitrogens with zero attached hydrogens (tertiary/aromatic N) is 3. The summed E-state index contributed by atoms with van der Waals surface area (Å²) in [4.78, 5) is 27.3. The minimum atomic E-state index is -0.364. The van der Waals surface area contributed by atoms with E-state index in [1.807, 2.05) is 60.3 Å². The van der Waals surface area contributed by atoms with Crippen LogP contribution in [-0.4, -0.2) is 33.6 Å². The Morgan fingerprint density at radius 3 is 2.47 bits per heavy atom. The van der Waals surface area contributed by atoms with E-state index in [9.17, 15) is 14.9 Å². The van der Waals surface area contributed by atoms with Crippen LogP contribution in [0.25, 0.3) is 5.69 Å². The molecule has 30 heavy (non-hydrogen) atoms. The van der Waals surface area contributed by atoms with Crippen molar-refractivity contribution in [2.24, 2.45) is 0 Å². The Morgan fingerprint density at radius 1 is 1.07 bits per heavy atom. The highest BCUT2D eigenvalue weighted by Crippen LogP contribution is 2.33. The number of nitrogens with one attached hydrogen (secondary N) is 1. The molecule has 2 atom stereocenters. The van der Waals surface area contributed by atoms with Gasteiger partial charge in [-0.05, 0) is 43.3 Å². The van der Waals surface area contributed by atoms with Gasteiger partial charge >= 0.3 is 11.9 Å². The van der Waals surface area contributed by atoms with Crippen molar-refractivity contribution in [1.82, 2.24) is 4.57 Å². The van der Waals surface area contributed by atoms with Gasteiger partial charge in [0.2, 0.25) is 0 Å². The van der Waals surface area contributed by atoms with Gasteiger partial charge in [0.25, 0.3) is 0 Å². The predicted molar refractivity (Wildman–Crippen MR) is 114 cm³/mol. The Kier molecular flexibility index (Phi) is 5.21. The van der Waals surface area contributed by atoms with Crippen LogP contribution in [0.15, 0.2) is 73.1 Å². The normalized spacial score (nSPS) is 20.5. The second-order valence-electron chi connectivity index (χ2n) is 7.58. The molecule has 1 N–H and O–H groups in total. The number of likely N-dealkylation sites (tertiary alicyclic amines) is 1. The molecule has 0 aliphatic carbocycles. The molecule has 0 radical (unpaired) electrons. The summed E-state index contributed by atoms with van der Waals surface area (Å²) in [5.41, 5.74) is 2.05. The lowest BCUT2D eigenvalue weighted by Gasteiger charge is -2.33. The van der Waals surface area contributed by atoms with E-state index < -0.39 is 0 Å². The van der Waals surface area contributed by atoms with Crippen molar-refractivity contribution in [2.75, 3.05) is 11.9 Å². The van der Waals surface area contributed by atoms with E-state index in [2.05, 4.69) is 11.4 Å². The number of nitriles is 1. The average Bonchev–Trinajstić information content (AvgIpc) is 3.44. The SMILES string of the molecule is C[C@@H]1CCC[N+]1(C(=O)Nc1ccccc1-n1cccc1)C(=O)c1ccccc1C#N. The summed E-state index contributed by atoms with van der Waals surface area (Å²) in [6, 6.07) is 19.6. The van der Waals surface area contributed by atoms with Gasteiger partial charge in [0.15, 0.2) is 0 Å². The number of para-hydroxylation sites is 2. The number of benzene rings is 2. The van der Waals surface area contributed by atoms with Crippen LogP contribution in [0.2, 0.25) is 0 Å². The van der Waals surface area contributed by atoms with E-state index in [1.165, 1.54) is 0 Å². The predicted octanol–water partition coefficient (Wildman–Crippen LogP) is 4.72. The maximum absolute atomic E-state index is 13.7. The van der Waals surface area contributed by atoms with E-state index in [-0.39, 0.29) is 22.5 Å². The third-order valence-corrected chi connectivity index (χ3v) is 5.92. The molecule has 1 unspecified atom stereocenters. The fourth-order valence-corrected chi connectivity index (χ4v) is 4.27. The maximum Gasteiger partial charge on any atom is 0.429 e. The van der Waals surface area contributed by atoms with Crippen LogP contribution < -0.4 is 5.32 Å². The van der Waals surface area contributed by atoms with E-state index in [0.29, 0.717) is 23.4 Å². The van der Waals surface area contributed by atoms with Gasteiger partial charge in [-0.15, -0.1) is 0 Å². The first-order chi connectivity index (χ1) is 14.6. The summed E-state index contributed by atoms with van der Waals surface area (Å²) in [7, 11) is 0. The van der Waals surface area contributed by atoms with Crippen molar-refractivity contribution >= 4 is 17.6 Å². The van der Waals surface area contributed by atoms with Crippen molar-refractivity contribution in [3.8, 4) is 11.8 Å². The number of quaternary nitrogens is 1. The van der Waals surface area contributed by atoms with Gasteiger partial charge in [-0.3, -0.25) is 5.32 Å². The number of aromatic nitrogens is 1. The standard InChI is InChI=1S/C24H22N4O2/c1-18-9-8-16-28(18,23(29)20-11-3-2-10-19(20)17-25)24(30)26-21-12-4-5-13-22(21)27-14-6-7-15-27/h2-7,10-15,18H,8-9,16H2,1H3/p+1/t18-,28?/m1/s1. The average molecular weight is 399 g/mol. The molecule has 3 aromatic rings. The molecule has 2 aromatic carbocycles. The second-order valence-corrected chi connectivity index (χ2v) is 7.58. The zero-order chi connectivity index (χ0) is 21.1. The minimum absolute atomic E-state index is 0.178. The molecule has 0 saturated carbocycles. The first-order valence-corrected chi connectivity index (χ1v) is 10.0. The van der Waals surface area contributed by atoms with Crippen molar-refractivity contribution in [2.45, 2.75) is 25.8 Å². The lowest BCUT2D eigenvalue weighted by molar-refractivity contribution is -0.775. The number of hydrogen-bond acceptors (Lipinski definition) is 3. The van der Waals surface area contributed by atoms with Crippen LogP contribution in [0, 0.1) is 11.3 Å². The van der Waals surface area contributed by atoms with Crippen LogP contribution >= 0.6 is 0 Å². The molecular formula is C24H23N4O2+. The zero-order valence-electron chi connectivity index (χ0n) is 16.8. The molecule has 2 heterocycles. The molecule has 1 fully saturated rings. The summed E-state index contributed by atoms with van der Waals surface area (Å²) < 4.78 is 1.58. The van der Waals surface area contributed by atoms with Gasteiger partial charge in [0.05, 0.1) is 29.0 Å². The Bertz CT molecular complexity index is 1130. The number of urea groups is 1. The van der Waals surface area contributed by atoms with Crippen molar-refractivity contribution in [1.29, 1.82) is 5.26 Å². The highest BCUT2D eigenvalue weighted by Gasteiger charge is 2.53. The number of hydrogen-bond donors (Lipinski definition) is 1. The first kappa shape index (κ1) is 19.6. The summed E-state index contributed by atoms with van der Waals surface area (Å²) in [6.07, 6.45) is 5.35. The van der Waals surface area contributed by atoms with Gasteiger partial charge in [-0.1, -0.05) is 24.3 Å². The minimum Gasteiger partial charge on any atom is -0.322 e. The molecule has 1 saturated heterocycles. The Morgan fingerprint density at radius 2 is 1.77 bits per heavy atom. The number of amides is 3. The van der Waals surface area contributed by atoms with Crippen LogP contribution in [0.3, 0.4) is 0 Å². The van der Waals surface area contributed by atoms with E-state index in [1.54, 1.807) is 24.3 Å². The van der Waals surface area contributed by atoms with Crippen molar-refractivity contribution in [3.63, 3.8) is 0 Å². The topological polar surface area (TPSA) is 74.9 Å². The number of carbonyl (C=O) groups excluding carboxylic acids is 2. The van der Waals surface area contributed by atoms with E-state index in [0.717, 1.165) is 18.5 Å². The largest absolute Gasteiger partial charge is 0.429 e. The molecule has 150 valence electrons. The smallest absolute Gasteiger partial charge is 0.322 e. The van der Waals surface area contributed by atoms with Crippen LogP contribution in [0.4, 0.5) is 10.5 Å².